The van der Waals surface area contributed by atoms with Crippen molar-refractivity contribution in [1.29, 1.82) is 0 Å². The van der Waals surface area contributed by atoms with E-state index in [1.165, 1.54) is 18.7 Å². The van der Waals surface area contributed by atoms with Crippen molar-refractivity contribution in [2.24, 2.45) is 0 Å². The van der Waals surface area contributed by atoms with Gasteiger partial charge in [0.15, 0.2) is 5.78 Å². The maximum atomic E-state index is 11.5. The third-order valence-corrected chi connectivity index (χ3v) is 2.99. The van der Waals surface area contributed by atoms with Gasteiger partial charge in [0.2, 0.25) is 5.91 Å². The van der Waals surface area contributed by atoms with Gasteiger partial charge in [-0.25, -0.2) is 0 Å². The molecule has 92 valence electrons. The van der Waals surface area contributed by atoms with Crippen LogP contribution in [0.1, 0.15) is 17.3 Å². The fourth-order valence-electron chi connectivity index (χ4n) is 1.31. The molecule has 1 aromatic rings. The molecule has 0 unspecified atom stereocenters. The van der Waals surface area contributed by atoms with Gasteiger partial charge in [-0.2, -0.15) is 0 Å². The topological polar surface area (TPSA) is 66.4 Å². The molecule has 2 N–H and O–H groups in total. The first-order valence-corrected chi connectivity index (χ1v) is 6.39. The molecule has 1 rings (SSSR count). The Labute approximate surface area is 104 Å². The zero-order valence-electron chi connectivity index (χ0n) is 9.60. The first kappa shape index (κ1) is 13.7. The number of carbonyl (C=O) groups is 2. The number of para-hydroxylation sites is 1. The molecule has 0 atom stereocenters. The van der Waals surface area contributed by atoms with Crippen molar-refractivity contribution in [3.8, 4) is 0 Å². The van der Waals surface area contributed by atoms with Gasteiger partial charge in [-0.1, -0.05) is 12.1 Å². The number of aliphatic hydroxyl groups excluding tert-OH is 1. The first-order chi connectivity index (χ1) is 8.15. The lowest BCUT2D eigenvalue weighted by atomic mass is 10.1. The van der Waals surface area contributed by atoms with Crippen LogP contribution in [0.3, 0.4) is 0 Å². The van der Waals surface area contributed by atoms with Gasteiger partial charge >= 0.3 is 0 Å². The molecule has 0 saturated carbocycles. The normalized spacial score (nSPS) is 10.0. The van der Waals surface area contributed by atoms with Crippen LogP contribution in [0.25, 0.3) is 0 Å². The molecule has 4 nitrogen and oxygen atoms in total. The monoisotopic (exact) mass is 253 g/mol. The summed E-state index contributed by atoms with van der Waals surface area (Å²) in [4.78, 5) is 22.9. The van der Waals surface area contributed by atoms with E-state index in [1.807, 2.05) is 0 Å². The van der Waals surface area contributed by atoms with Gasteiger partial charge in [-0.3, -0.25) is 9.59 Å². The lowest BCUT2D eigenvalue weighted by Gasteiger charge is -2.08. The van der Waals surface area contributed by atoms with E-state index in [0.29, 0.717) is 17.0 Å². The number of nitrogens with one attached hydrogen (secondary N) is 1. The summed E-state index contributed by atoms with van der Waals surface area (Å²) >= 11 is 1.35. The molecule has 0 spiro atoms. The summed E-state index contributed by atoms with van der Waals surface area (Å²) in [6.45, 7) is 1.52. The zero-order valence-corrected chi connectivity index (χ0v) is 10.4. The van der Waals surface area contributed by atoms with Crippen LogP contribution in [-0.4, -0.2) is 34.9 Å². The summed E-state index contributed by atoms with van der Waals surface area (Å²) in [6, 6.07) is 6.90. The number of ketones is 1. The van der Waals surface area contributed by atoms with Crippen LogP contribution < -0.4 is 5.32 Å². The third kappa shape index (κ3) is 4.58. The van der Waals surface area contributed by atoms with E-state index in [9.17, 15) is 9.59 Å². The van der Waals surface area contributed by atoms with Gasteiger partial charge in [0, 0.05) is 11.3 Å². The Morgan fingerprint density at radius 3 is 2.71 bits per heavy atom. The number of thioether (sulfide) groups is 1. The molecule has 0 fully saturated rings. The smallest absolute Gasteiger partial charge is 0.234 e. The van der Waals surface area contributed by atoms with E-state index in [0.717, 1.165) is 0 Å². The van der Waals surface area contributed by atoms with Crippen LogP contribution in [0.2, 0.25) is 0 Å². The lowest BCUT2D eigenvalue weighted by molar-refractivity contribution is -0.113. The molecule has 0 aliphatic heterocycles. The molecule has 0 aliphatic carbocycles. The number of hydrogen-bond acceptors (Lipinski definition) is 4. The van der Waals surface area contributed by atoms with Crippen LogP contribution in [0.15, 0.2) is 24.3 Å². The molecule has 17 heavy (non-hydrogen) atoms. The molecule has 0 radical (unpaired) electrons. The highest BCUT2D eigenvalue weighted by molar-refractivity contribution is 7.99. The van der Waals surface area contributed by atoms with E-state index in [-0.39, 0.29) is 24.1 Å². The molecule has 0 heterocycles. The highest BCUT2D eigenvalue weighted by Gasteiger charge is 2.09. The molecular weight excluding hydrogens is 238 g/mol. The molecule has 1 amide bonds. The van der Waals surface area contributed by atoms with E-state index >= 15 is 0 Å². The summed E-state index contributed by atoms with van der Waals surface area (Å²) in [5.41, 5.74) is 1.04. The Morgan fingerprint density at radius 1 is 1.35 bits per heavy atom. The standard InChI is InChI=1S/C12H15NO3S/c1-9(15)10-4-2-3-5-11(10)13-12(16)8-17-7-6-14/h2-5,14H,6-8H2,1H3,(H,13,16). The molecule has 0 saturated heterocycles. The van der Waals surface area contributed by atoms with Crippen LogP contribution >= 0.6 is 11.8 Å². The molecule has 5 heteroatoms. The van der Waals surface area contributed by atoms with Crippen molar-refractivity contribution >= 4 is 29.1 Å². The number of amides is 1. The lowest BCUT2D eigenvalue weighted by Crippen LogP contribution is -2.16. The summed E-state index contributed by atoms with van der Waals surface area (Å²) in [5, 5.41) is 11.3. The minimum absolute atomic E-state index is 0.0575. The van der Waals surface area contributed by atoms with E-state index < -0.39 is 0 Å². The van der Waals surface area contributed by atoms with E-state index in [4.69, 9.17) is 5.11 Å². The van der Waals surface area contributed by atoms with Gasteiger partial charge < -0.3 is 10.4 Å². The third-order valence-electron chi connectivity index (χ3n) is 2.05. The number of hydrogen-bond donors (Lipinski definition) is 2. The minimum Gasteiger partial charge on any atom is -0.396 e. The van der Waals surface area contributed by atoms with Crippen LogP contribution in [0.5, 0.6) is 0 Å². The largest absolute Gasteiger partial charge is 0.396 e. The fraction of sp³-hybridized carbons (Fsp3) is 0.333. The van der Waals surface area contributed by atoms with Crippen molar-refractivity contribution in [2.75, 3.05) is 23.4 Å². The van der Waals surface area contributed by atoms with Crippen molar-refractivity contribution in [2.45, 2.75) is 6.92 Å². The quantitative estimate of drug-likeness (QED) is 0.596. The average molecular weight is 253 g/mol. The van der Waals surface area contributed by atoms with Crippen LogP contribution in [-0.2, 0) is 4.79 Å². The number of Topliss-reactive ketones (excluding diaryl/α,β-unsaturated/α-hetero) is 1. The second-order valence-corrected chi connectivity index (χ2v) is 4.53. The second-order valence-electron chi connectivity index (χ2n) is 3.43. The van der Waals surface area contributed by atoms with Crippen molar-refractivity contribution in [1.82, 2.24) is 0 Å². The van der Waals surface area contributed by atoms with Crippen molar-refractivity contribution in [3.05, 3.63) is 29.8 Å². The van der Waals surface area contributed by atoms with Gasteiger partial charge in [0.25, 0.3) is 0 Å². The Morgan fingerprint density at radius 2 is 2.06 bits per heavy atom. The molecule has 1 aromatic carbocycles. The van der Waals surface area contributed by atoms with Crippen LogP contribution in [0, 0.1) is 0 Å². The highest BCUT2D eigenvalue weighted by Crippen LogP contribution is 2.15. The summed E-state index contributed by atoms with van der Waals surface area (Å²) in [6.07, 6.45) is 0. The predicted molar refractivity (Wildman–Crippen MR) is 69.5 cm³/mol. The second kappa shape index (κ2) is 7.09. The maximum absolute atomic E-state index is 11.5. The van der Waals surface area contributed by atoms with E-state index in [1.54, 1.807) is 24.3 Å². The van der Waals surface area contributed by atoms with Crippen molar-refractivity contribution < 1.29 is 14.7 Å². The molecular formula is C12H15NO3S. The molecule has 0 bridgehead atoms. The minimum atomic E-state index is -0.169. The Hall–Kier alpha value is -1.33. The number of aliphatic hydroxyl groups is 1. The number of anilines is 1. The Bertz CT molecular complexity index is 406. The molecule has 0 aromatic heterocycles. The highest BCUT2D eigenvalue weighted by atomic mass is 32.2. The number of benzene rings is 1. The van der Waals surface area contributed by atoms with Gasteiger partial charge in [-0.05, 0) is 19.1 Å². The summed E-state index contributed by atoms with van der Waals surface area (Å²) < 4.78 is 0. The van der Waals surface area contributed by atoms with Crippen LogP contribution in [0.4, 0.5) is 5.69 Å². The van der Waals surface area contributed by atoms with Gasteiger partial charge in [-0.15, -0.1) is 11.8 Å². The first-order valence-electron chi connectivity index (χ1n) is 5.23. The summed E-state index contributed by atoms with van der Waals surface area (Å²) in [5.74, 6) is 0.551. The SMILES string of the molecule is CC(=O)c1ccccc1NC(=O)CSCCO. The average Bonchev–Trinajstić information content (AvgIpc) is 2.29. The maximum Gasteiger partial charge on any atom is 0.234 e. The van der Waals surface area contributed by atoms with Crippen molar-refractivity contribution in [3.63, 3.8) is 0 Å². The summed E-state index contributed by atoms with van der Waals surface area (Å²) in [7, 11) is 0. The van der Waals surface area contributed by atoms with Gasteiger partial charge in [0.05, 0.1) is 18.0 Å². The Balaban J connectivity index is 2.61. The molecule has 0 aliphatic rings. The van der Waals surface area contributed by atoms with E-state index in [2.05, 4.69) is 5.32 Å². The zero-order chi connectivity index (χ0) is 12.7. The number of carbonyl (C=O) groups excluding carboxylic acids is 2. The fourth-order valence-corrected chi connectivity index (χ4v) is 1.85. The Kier molecular flexibility index (Phi) is 5.72. The number of rotatable bonds is 6. The van der Waals surface area contributed by atoms with Gasteiger partial charge in [0.1, 0.15) is 0 Å². The predicted octanol–water partition coefficient (Wildman–Crippen LogP) is 1.55.